The number of ether oxygens (including phenoxy) is 1. The number of aromatic nitrogens is 2. The normalized spacial score (nSPS) is 21.4. The Kier molecular flexibility index (Phi) is 6.69. The third-order valence-electron chi connectivity index (χ3n) is 7.63. The molecular formula is C28H25N3O8P+. The third kappa shape index (κ3) is 4.38. The Labute approximate surface area is 227 Å². The molecule has 0 aliphatic carbocycles. The van der Waals surface area contributed by atoms with Crippen molar-refractivity contribution in [1.29, 1.82) is 0 Å². The van der Waals surface area contributed by atoms with Gasteiger partial charge in [-0.3, -0.25) is 19.1 Å². The monoisotopic (exact) mass is 562 g/mol. The van der Waals surface area contributed by atoms with Crippen molar-refractivity contribution in [1.82, 2.24) is 14.5 Å². The van der Waals surface area contributed by atoms with Crippen LogP contribution in [0, 0.1) is 0 Å². The van der Waals surface area contributed by atoms with E-state index in [1.165, 1.54) is 18.1 Å². The van der Waals surface area contributed by atoms with Crippen LogP contribution in [-0.4, -0.2) is 62.3 Å². The van der Waals surface area contributed by atoms with Gasteiger partial charge in [0.2, 0.25) is 5.91 Å². The number of hydrogen-bond acceptors (Lipinski definition) is 7. The van der Waals surface area contributed by atoms with Gasteiger partial charge in [-0.1, -0.05) is 54.6 Å². The van der Waals surface area contributed by atoms with E-state index in [-0.39, 0.29) is 12.3 Å². The summed E-state index contributed by atoms with van der Waals surface area (Å²) in [7, 11) is -1.65. The molecule has 1 amide bonds. The highest BCUT2D eigenvalue weighted by Crippen LogP contribution is 2.39. The van der Waals surface area contributed by atoms with E-state index in [2.05, 4.69) is 29.2 Å². The minimum atomic E-state index is -3.14. The number of carbonyl (C=O) groups excluding carboxylic acids is 1. The van der Waals surface area contributed by atoms with Crippen molar-refractivity contribution in [3.63, 3.8) is 0 Å². The molecule has 1 saturated heterocycles. The highest BCUT2D eigenvalue weighted by molar-refractivity contribution is 7.32. The molecule has 1 aliphatic rings. The smallest absolute Gasteiger partial charge is 0.394 e. The average molecular weight is 562 g/mol. The summed E-state index contributed by atoms with van der Waals surface area (Å²) in [6.07, 6.45) is -2.39. The maximum Gasteiger partial charge on any atom is 0.695 e. The molecule has 1 aliphatic heterocycles. The van der Waals surface area contributed by atoms with Gasteiger partial charge in [-0.15, -0.1) is 9.42 Å². The Morgan fingerprint density at radius 3 is 2.40 bits per heavy atom. The molecular weight excluding hydrogens is 537 g/mol. The van der Waals surface area contributed by atoms with Gasteiger partial charge in [0, 0.05) is 23.9 Å². The van der Waals surface area contributed by atoms with Crippen LogP contribution in [0.25, 0.3) is 32.3 Å². The van der Waals surface area contributed by atoms with Crippen molar-refractivity contribution in [2.45, 2.75) is 30.9 Å². The van der Waals surface area contributed by atoms with Gasteiger partial charge in [0.15, 0.2) is 12.3 Å². The molecule has 1 unspecified atom stereocenters. The molecule has 6 rings (SSSR count). The van der Waals surface area contributed by atoms with Crippen molar-refractivity contribution in [3.8, 4) is 0 Å². The van der Waals surface area contributed by atoms with Crippen LogP contribution in [-0.2, 0) is 25.0 Å². The van der Waals surface area contributed by atoms with Crippen LogP contribution in [0.1, 0.15) is 11.8 Å². The Balaban J connectivity index is 1.39. The second kappa shape index (κ2) is 10.2. The summed E-state index contributed by atoms with van der Waals surface area (Å²) in [5, 5.41) is 16.3. The molecule has 0 saturated carbocycles. The van der Waals surface area contributed by atoms with Crippen LogP contribution in [0.4, 0.5) is 0 Å². The van der Waals surface area contributed by atoms with E-state index < -0.39 is 50.6 Å². The zero-order chi connectivity index (χ0) is 28.1. The van der Waals surface area contributed by atoms with Crippen molar-refractivity contribution in [3.05, 3.63) is 93.3 Å². The summed E-state index contributed by atoms with van der Waals surface area (Å²) >= 11 is 0. The number of hydrogen-bond donors (Lipinski definition) is 3. The van der Waals surface area contributed by atoms with Gasteiger partial charge >= 0.3 is 13.9 Å². The van der Waals surface area contributed by atoms with Crippen LogP contribution in [0.2, 0.25) is 0 Å². The molecule has 2 heterocycles. The lowest BCUT2D eigenvalue weighted by molar-refractivity contribution is -0.134. The molecule has 11 nitrogen and oxygen atoms in total. The Morgan fingerprint density at radius 1 is 1.05 bits per heavy atom. The molecule has 4 aromatic carbocycles. The van der Waals surface area contributed by atoms with E-state index in [1.54, 1.807) is 0 Å². The molecule has 40 heavy (non-hydrogen) atoms. The second-order valence-electron chi connectivity index (χ2n) is 9.83. The molecule has 5 atom stereocenters. The summed E-state index contributed by atoms with van der Waals surface area (Å²) in [5.41, 5.74) is -0.649. The molecule has 0 bridgehead atoms. The lowest BCUT2D eigenvalue weighted by Gasteiger charge is -2.31. The first-order chi connectivity index (χ1) is 19.3. The summed E-state index contributed by atoms with van der Waals surface area (Å²) in [6.45, 7) is -0.601. The number of nitrogens with one attached hydrogen (secondary N) is 1. The summed E-state index contributed by atoms with van der Waals surface area (Å²) < 4.78 is 23.8. The number of H-pyrrole nitrogens is 1. The number of amides is 1. The van der Waals surface area contributed by atoms with Crippen LogP contribution in [0.3, 0.4) is 0 Å². The Hall–Kier alpha value is -3.99. The number of likely N-dealkylation sites (N-methyl/N-ethyl adjacent to an activating group) is 1. The molecule has 1 fully saturated rings. The average Bonchev–Trinajstić information content (AvgIpc) is 3.29. The van der Waals surface area contributed by atoms with Gasteiger partial charge in [0.25, 0.3) is 5.56 Å². The lowest BCUT2D eigenvalue weighted by Crippen LogP contribution is -2.50. The van der Waals surface area contributed by atoms with E-state index in [1.807, 2.05) is 30.3 Å². The van der Waals surface area contributed by atoms with Gasteiger partial charge in [-0.2, -0.15) is 0 Å². The van der Waals surface area contributed by atoms with Gasteiger partial charge in [-0.05, 0) is 37.9 Å². The maximum atomic E-state index is 13.8. The van der Waals surface area contributed by atoms with E-state index >= 15 is 0 Å². The SMILES string of the molecule is CN(C(=O)Cc1ccc2ccc3cccc4ccc1c2c34)[C@@H]1[C@H](O[P+](=O)O)[C@@H](CO)O[C@H]1n1ccc(=O)[nH]c1=O. The molecule has 5 aromatic rings. The Morgan fingerprint density at radius 2 is 1.73 bits per heavy atom. The zero-order valence-corrected chi connectivity index (χ0v) is 22.2. The molecule has 1 aromatic heterocycles. The maximum absolute atomic E-state index is 13.8. The van der Waals surface area contributed by atoms with Gasteiger partial charge in [-0.25, -0.2) is 4.79 Å². The Bertz CT molecular complexity index is 1870. The number of aliphatic hydroxyl groups is 1. The largest absolute Gasteiger partial charge is 0.695 e. The highest BCUT2D eigenvalue weighted by atomic mass is 31.1. The minimum Gasteiger partial charge on any atom is -0.394 e. The van der Waals surface area contributed by atoms with Crippen molar-refractivity contribution >= 4 is 46.5 Å². The van der Waals surface area contributed by atoms with Gasteiger partial charge < -0.3 is 14.7 Å². The predicted octanol–water partition coefficient (Wildman–Crippen LogP) is 2.43. The minimum absolute atomic E-state index is 0.0177. The van der Waals surface area contributed by atoms with Gasteiger partial charge in [0.1, 0.15) is 12.1 Å². The fourth-order valence-corrected chi connectivity index (χ4v) is 6.24. The number of benzene rings is 4. The van der Waals surface area contributed by atoms with E-state index in [4.69, 9.17) is 9.26 Å². The zero-order valence-electron chi connectivity index (χ0n) is 21.3. The summed E-state index contributed by atoms with van der Waals surface area (Å²) in [4.78, 5) is 51.0. The van der Waals surface area contributed by atoms with E-state index in [0.717, 1.165) is 48.5 Å². The van der Waals surface area contributed by atoms with Gasteiger partial charge in [0.05, 0.1) is 13.0 Å². The highest BCUT2D eigenvalue weighted by Gasteiger charge is 2.53. The fourth-order valence-electron chi connectivity index (χ4n) is 5.77. The lowest BCUT2D eigenvalue weighted by atomic mass is 9.91. The second-order valence-corrected chi connectivity index (χ2v) is 10.5. The first-order valence-corrected chi connectivity index (χ1v) is 13.7. The third-order valence-corrected chi connectivity index (χ3v) is 8.05. The standard InChI is InChI=1S/C28H24N3O8P/c1-30(25-26(39-40(36)37)20(14-32)38-27(25)31-12-11-21(33)29-28(31)35)22(34)13-18-8-7-17-6-5-15-3-2-4-16-9-10-19(18)24(17)23(15)16/h2-12,20,25-27,32H,13-14H2,1H3,(H-,29,33,35,36,37)/p+1/t20-,25-,26-,27-/m1/s1. The number of aromatic amines is 1. The molecule has 204 valence electrons. The predicted molar refractivity (Wildman–Crippen MR) is 147 cm³/mol. The van der Waals surface area contributed by atoms with Crippen LogP contribution in [0.15, 0.2) is 76.4 Å². The molecule has 0 spiro atoms. The number of aliphatic hydroxyl groups excluding tert-OH is 1. The molecule has 0 radical (unpaired) electrons. The van der Waals surface area contributed by atoms with Crippen molar-refractivity contribution < 1.29 is 28.6 Å². The molecule has 3 N–H and O–H groups in total. The summed E-state index contributed by atoms with van der Waals surface area (Å²) in [6, 6.07) is 18.2. The van der Waals surface area contributed by atoms with Crippen LogP contribution in [0.5, 0.6) is 0 Å². The van der Waals surface area contributed by atoms with Crippen molar-refractivity contribution in [2.24, 2.45) is 0 Å². The number of nitrogens with zero attached hydrogens (tertiary/aromatic N) is 2. The topological polar surface area (TPSA) is 151 Å². The van der Waals surface area contributed by atoms with E-state index in [0.29, 0.717) is 0 Å². The number of rotatable bonds is 7. The first-order valence-electron chi connectivity index (χ1n) is 12.6. The summed E-state index contributed by atoms with van der Waals surface area (Å²) in [5.74, 6) is -0.369. The first kappa shape index (κ1) is 26.2. The van der Waals surface area contributed by atoms with Crippen LogP contribution < -0.4 is 11.2 Å². The van der Waals surface area contributed by atoms with Crippen LogP contribution >= 0.6 is 8.25 Å². The molecule has 12 heteroatoms. The van der Waals surface area contributed by atoms with Crippen molar-refractivity contribution in [2.75, 3.05) is 13.7 Å². The quantitative estimate of drug-likeness (QED) is 0.202. The van der Waals surface area contributed by atoms with E-state index in [9.17, 15) is 28.9 Å². The number of carbonyl (C=O) groups is 1. The fraction of sp³-hybridized carbons (Fsp3) is 0.250.